The predicted molar refractivity (Wildman–Crippen MR) is 125 cm³/mol. The molecule has 0 aliphatic carbocycles. The van der Waals surface area contributed by atoms with Gasteiger partial charge in [0.25, 0.3) is 0 Å². The standard InChI is InChI=1S/C23H18ClF3N4O3S/c1-22(2,21-30-29-18(31(21)3)13-6-4-5-7-15(13)23(25,26)27)34-17-9-8-12(24)10-14(17)19-28-16(11-35-19)20(32)33/h4-11H,1-3H3,(H,32,33). The van der Waals surface area contributed by atoms with Gasteiger partial charge in [-0.2, -0.15) is 13.2 Å². The fourth-order valence-corrected chi connectivity index (χ4v) is 4.57. The molecule has 0 fully saturated rings. The first-order chi connectivity index (χ1) is 16.4. The van der Waals surface area contributed by atoms with Crippen molar-refractivity contribution >= 4 is 28.9 Å². The first-order valence-electron chi connectivity index (χ1n) is 10.1. The molecule has 0 aliphatic heterocycles. The number of carbonyl (C=O) groups is 1. The number of carboxylic acid groups (broad SMARTS) is 1. The van der Waals surface area contributed by atoms with Crippen molar-refractivity contribution in [3.63, 3.8) is 0 Å². The summed E-state index contributed by atoms with van der Waals surface area (Å²) < 4.78 is 48.3. The Kier molecular flexibility index (Phi) is 6.32. The van der Waals surface area contributed by atoms with E-state index in [1.807, 2.05) is 0 Å². The first-order valence-corrected chi connectivity index (χ1v) is 11.4. The van der Waals surface area contributed by atoms with Crippen LogP contribution in [0.5, 0.6) is 5.75 Å². The molecular formula is C23H18ClF3N4O3S. The summed E-state index contributed by atoms with van der Waals surface area (Å²) in [4.78, 5) is 15.4. The van der Waals surface area contributed by atoms with E-state index in [-0.39, 0.29) is 22.9 Å². The lowest BCUT2D eigenvalue weighted by Gasteiger charge is -2.26. The Morgan fingerprint density at radius 3 is 2.49 bits per heavy atom. The van der Waals surface area contributed by atoms with Gasteiger partial charge in [0, 0.05) is 23.0 Å². The molecule has 35 heavy (non-hydrogen) atoms. The van der Waals surface area contributed by atoms with E-state index in [2.05, 4.69) is 15.2 Å². The van der Waals surface area contributed by atoms with Crippen LogP contribution in [-0.2, 0) is 18.8 Å². The summed E-state index contributed by atoms with van der Waals surface area (Å²) in [6, 6.07) is 9.95. The van der Waals surface area contributed by atoms with Crippen LogP contribution in [0.1, 0.15) is 35.7 Å². The highest BCUT2D eigenvalue weighted by Gasteiger charge is 2.36. The lowest BCUT2D eigenvalue weighted by Crippen LogP contribution is -2.29. The monoisotopic (exact) mass is 522 g/mol. The molecule has 0 aliphatic rings. The summed E-state index contributed by atoms with van der Waals surface area (Å²) >= 11 is 7.27. The van der Waals surface area contributed by atoms with Crippen LogP contribution in [0.15, 0.2) is 47.8 Å². The molecule has 0 radical (unpaired) electrons. The van der Waals surface area contributed by atoms with Gasteiger partial charge in [-0.1, -0.05) is 29.8 Å². The number of benzene rings is 2. The summed E-state index contributed by atoms with van der Waals surface area (Å²) in [5.41, 5.74) is -1.72. The third kappa shape index (κ3) is 4.87. The highest BCUT2D eigenvalue weighted by molar-refractivity contribution is 7.13. The fraction of sp³-hybridized carbons (Fsp3) is 0.217. The van der Waals surface area contributed by atoms with Crippen molar-refractivity contribution in [3.8, 4) is 27.7 Å². The second-order valence-corrected chi connectivity index (χ2v) is 9.34. The number of alkyl halides is 3. The van der Waals surface area contributed by atoms with Crippen molar-refractivity contribution in [2.75, 3.05) is 0 Å². The Balaban J connectivity index is 1.73. The zero-order valence-electron chi connectivity index (χ0n) is 18.6. The number of halogens is 4. The van der Waals surface area contributed by atoms with E-state index in [4.69, 9.17) is 16.3 Å². The maximum Gasteiger partial charge on any atom is 0.417 e. The van der Waals surface area contributed by atoms with Crippen LogP contribution in [-0.4, -0.2) is 30.8 Å². The van der Waals surface area contributed by atoms with Gasteiger partial charge in [-0.15, -0.1) is 21.5 Å². The predicted octanol–water partition coefficient (Wildman–Crippen LogP) is 6.29. The Morgan fingerprint density at radius 1 is 1.11 bits per heavy atom. The molecule has 2 aromatic carbocycles. The molecule has 0 saturated heterocycles. The number of nitrogens with zero attached hydrogens (tertiary/aromatic N) is 4. The lowest BCUT2D eigenvalue weighted by molar-refractivity contribution is -0.137. The van der Waals surface area contributed by atoms with Crippen molar-refractivity contribution < 1.29 is 27.8 Å². The molecule has 0 spiro atoms. The van der Waals surface area contributed by atoms with Gasteiger partial charge in [0.15, 0.2) is 22.9 Å². The van der Waals surface area contributed by atoms with Crippen molar-refractivity contribution in [2.24, 2.45) is 7.05 Å². The average Bonchev–Trinajstić information content (AvgIpc) is 3.42. The first kappa shape index (κ1) is 24.7. The van der Waals surface area contributed by atoms with E-state index in [1.54, 1.807) is 39.1 Å². The van der Waals surface area contributed by atoms with E-state index in [9.17, 15) is 23.1 Å². The molecule has 2 heterocycles. The zero-order valence-corrected chi connectivity index (χ0v) is 20.2. The largest absolute Gasteiger partial charge is 0.479 e. The van der Waals surface area contributed by atoms with Crippen molar-refractivity contribution in [3.05, 3.63) is 69.9 Å². The van der Waals surface area contributed by atoms with Gasteiger partial charge < -0.3 is 14.4 Å². The number of hydrogen-bond acceptors (Lipinski definition) is 6. The number of aromatic carboxylic acids is 1. The summed E-state index contributed by atoms with van der Waals surface area (Å²) in [6.07, 6.45) is -4.56. The molecule has 182 valence electrons. The third-order valence-electron chi connectivity index (χ3n) is 5.15. The lowest BCUT2D eigenvalue weighted by atomic mass is 10.1. The number of thiazole rings is 1. The zero-order chi connectivity index (χ0) is 25.5. The Bertz CT molecular complexity index is 1420. The molecule has 1 N–H and O–H groups in total. The van der Waals surface area contributed by atoms with Crippen LogP contribution in [0.4, 0.5) is 13.2 Å². The SMILES string of the molecule is Cn1c(-c2ccccc2C(F)(F)F)nnc1C(C)(C)Oc1ccc(Cl)cc1-c1nc(C(=O)O)cs1. The minimum atomic E-state index is -4.56. The Morgan fingerprint density at radius 2 is 1.83 bits per heavy atom. The Hall–Kier alpha value is -3.44. The molecule has 0 atom stereocenters. The molecular weight excluding hydrogens is 505 g/mol. The number of hydrogen-bond donors (Lipinski definition) is 1. The van der Waals surface area contributed by atoms with Crippen LogP contribution in [0.2, 0.25) is 5.02 Å². The normalized spacial score (nSPS) is 12.1. The van der Waals surface area contributed by atoms with E-state index >= 15 is 0 Å². The van der Waals surface area contributed by atoms with Crippen molar-refractivity contribution in [1.29, 1.82) is 0 Å². The number of carboxylic acids is 1. The molecule has 2 aromatic heterocycles. The van der Waals surface area contributed by atoms with E-state index in [0.29, 0.717) is 21.3 Å². The minimum absolute atomic E-state index is 0.0342. The number of ether oxygens (including phenoxy) is 1. The molecule has 0 amide bonds. The topological polar surface area (TPSA) is 90.1 Å². The highest BCUT2D eigenvalue weighted by atomic mass is 35.5. The second kappa shape index (κ2) is 8.97. The van der Waals surface area contributed by atoms with E-state index < -0.39 is 23.3 Å². The van der Waals surface area contributed by atoms with Crippen LogP contribution >= 0.6 is 22.9 Å². The quantitative estimate of drug-likeness (QED) is 0.320. The molecule has 0 bridgehead atoms. The summed E-state index contributed by atoms with van der Waals surface area (Å²) in [6.45, 7) is 3.39. The van der Waals surface area contributed by atoms with Crippen LogP contribution < -0.4 is 4.74 Å². The maximum absolute atomic E-state index is 13.5. The highest BCUT2D eigenvalue weighted by Crippen LogP contribution is 2.40. The van der Waals surface area contributed by atoms with Gasteiger partial charge in [-0.25, -0.2) is 9.78 Å². The maximum atomic E-state index is 13.5. The summed E-state index contributed by atoms with van der Waals surface area (Å²) in [5.74, 6) is -0.517. The van der Waals surface area contributed by atoms with Gasteiger partial charge >= 0.3 is 12.1 Å². The molecule has 0 unspecified atom stereocenters. The summed E-state index contributed by atoms with van der Waals surface area (Å²) in [7, 11) is 1.56. The molecule has 0 saturated carbocycles. The smallest absolute Gasteiger partial charge is 0.417 e. The summed E-state index contributed by atoms with van der Waals surface area (Å²) in [5, 5.41) is 19.5. The van der Waals surface area contributed by atoms with Gasteiger partial charge in [-0.05, 0) is 38.1 Å². The molecule has 4 rings (SSSR count). The molecule has 7 nitrogen and oxygen atoms in total. The average molecular weight is 523 g/mol. The van der Waals surface area contributed by atoms with Crippen LogP contribution in [0.3, 0.4) is 0 Å². The second-order valence-electron chi connectivity index (χ2n) is 8.05. The molecule has 12 heteroatoms. The number of aromatic nitrogens is 4. The van der Waals surface area contributed by atoms with Gasteiger partial charge in [-0.3, -0.25) is 0 Å². The third-order valence-corrected chi connectivity index (χ3v) is 6.26. The minimum Gasteiger partial charge on any atom is -0.479 e. The van der Waals surface area contributed by atoms with Gasteiger partial charge in [0.05, 0.1) is 11.1 Å². The number of rotatable bonds is 6. The van der Waals surface area contributed by atoms with Gasteiger partial charge in [0.2, 0.25) is 0 Å². The Labute approximate surface area is 206 Å². The van der Waals surface area contributed by atoms with Crippen LogP contribution in [0, 0.1) is 0 Å². The van der Waals surface area contributed by atoms with Crippen molar-refractivity contribution in [1.82, 2.24) is 19.7 Å². The van der Waals surface area contributed by atoms with E-state index in [0.717, 1.165) is 17.4 Å². The van der Waals surface area contributed by atoms with Gasteiger partial charge in [0.1, 0.15) is 10.8 Å². The van der Waals surface area contributed by atoms with Crippen molar-refractivity contribution in [2.45, 2.75) is 25.6 Å². The molecule has 4 aromatic rings. The van der Waals surface area contributed by atoms with Crippen LogP contribution in [0.25, 0.3) is 22.0 Å². The fourth-order valence-electron chi connectivity index (χ4n) is 3.59. The van der Waals surface area contributed by atoms with E-state index in [1.165, 1.54) is 28.1 Å².